The number of ether oxygens (including phenoxy) is 1. The van der Waals surface area contributed by atoms with Crippen molar-refractivity contribution in [1.82, 2.24) is 4.90 Å². The van der Waals surface area contributed by atoms with Crippen molar-refractivity contribution in [3.05, 3.63) is 94.8 Å². The van der Waals surface area contributed by atoms with Crippen molar-refractivity contribution in [2.24, 2.45) is 0 Å². The van der Waals surface area contributed by atoms with E-state index in [0.29, 0.717) is 18.9 Å². The van der Waals surface area contributed by atoms with Crippen LogP contribution < -0.4 is 0 Å². The molecule has 6 rings (SSSR count). The molecule has 4 nitrogen and oxygen atoms in total. The Bertz CT molecular complexity index is 1330. The molecule has 0 radical (unpaired) electrons. The van der Waals surface area contributed by atoms with Gasteiger partial charge in [-0.3, -0.25) is 0 Å². The van der Waals surface area contributed by atoms with Gasteiger partial charge in [0.2, 0.25) is 0 Å². The smallest absolute Gasteiger partial charge is 0.416 e. The van der Waals surface area contributed by atoms with Crippen LogP contribution in [0.15, 0.2) is 66.7 Å². The molecule has 38 heavy (non-hydrogen) atoms. The highest BCUT2D eigenvalue weighted by molar-refractivity contribution is 5.79. The molecule has 0 spiro atoms. The number of piperidine rings is 2. The number of hydrogen-bond acceptors (Lipinski definition) is 3. The lowest BCUT2D eigenvalue weighted by Gasteiger charge is -2.51. The summed E-state index contributed by atoms with van der Waals surface area (Å²) < 4.78 is 60.8. The summed E-state index contributed by atoms with van der Waals surface area (Å²) in [5.74, 6) is -1.12. The molecule has 0 saturated carbocycles. The second kappa shape index (κ2) is 9.12. The highest BCUT2D eigenvalue weighted by Gasteiger charge is 2.51. The van der Waals surface area contributed by atoms with Gasteiger partial charge in [-0.1, -0.05) is 54.6 Å². The van der Waals surface area contributed by atoms with Crippen LogP contribution in [0.2, 0.25) is 0 Å². The lowest BCUT2D eigenvalue weighted by Crippen LogP contribution is -2.59. The van der Waals surface area contributed by atoms with Gasteiger partial charge in [0.05, 0.1) is 11.2 Å². The molecule has 2 bridgehead atoms. The Morgan fingerprint density at radius 3 is 2.11 bits per heavy atom. The zero-order chi connectivity index (χ0) is 26.7. The van der Waals surface area contributed by atoms with Crippen LogP contribution in [0.5, 0.6) is 0 Å². The molecular formula is C30H27F4NO3. The van der Waals surface area contributed by atoms with Gasteiger partial charge in [0.15, 0.2) is 0 Å². The average Bonchev–Trinajstić information content (AvgIpc) is 3.20. The van der Waals surface area contributed by atoms with Crippen LogP contribution in [-0.2, 0) is 16.5 Å². The summed E-state index contributed by atoms with van der Waals surface area (Å²) in [6.07, 6.45) is -3.57. The first-order chi connectivity index (χ1) is 18.2. The first-order valence-electron chi connectivity index (χ1n) is 12.9. The van der Waals surface area contributed by atoms with Crippen molar-refractivity contribution in [2.75, 3.05) is 6.61 Å². The number of amides is 1. The topological polar surface area (TPSA) is 49.8 Å². The van der Waals surface area contributed by atoms with Crippen molar-refractivity contribution in [3.63, 3.8) is 0 Å². The molecule has 1 N–H and O–H groups in total. The molecule has 2 saturated heterocycles. The minimum atomic E-state index is -4.81. The molecule has 2 aliphatic heterocycles. The normalized spacial score (nSPS) is 24.6. The van der Waals surface area contributed by atoms with Gasteiger partial charge in [-0.05, 0) is 59.2 Å². The summed E-state index contributed by atoms with van der Waals surface area (Å²) in [5, 5.41) is 11.5. The maximum Gasteiger partial charge on any atom is 0.416 e. The molecule has 3 aromatic rings. The van der Waals surface area contributed by atoms with Crippen molar-refractivity contribution in [3.8, 4) is 11.1 Å². The minimum Gasteiger partial charge on any atom is -0.448 e. The number of aliphatic hydroxyl groups is 1. The maximum absolute atomic E-state index is 13.7. The quantitative estimate of drug-likeness (QED) is 0.375. The van der Waals surface area contributed by atoms with Gasteiger partial charge in [0.25, 0.3) is 0 Å². The van der Waals surface area contributed by atoms with E-state index in [-0.39, 0.29) is 30.9 Å². The summed E-state index contributed by atoms with van der Waals surface area (Å²) in [6, 6.07) is 17.5. The van der Waals surface area contributed by atoms with Crippen molar-refractivity contribution in [1.29, 1.82) is 0 Å². The average molecular weight is 526 g/mol. The van der Waals surface area contributed by atoms with E-state index in [9.17, 15) is 27.5 Å². The van der Waals surface area contributed by atoms with Gasteiger partial charge < -0.3 is 14.7 Å². The third-order valence-corrected chi connectivity index (χ3v) is 8.34. The summed E-state index contributed by atoms with van der Waals surface area (Å²) in [6.45, 7) is 0.142. The highest BCUT2D eigenvalue weighted by Crippen LogP contribution is 2.49. The predicted molar refractivity (Wildman–Crippen MR) is 133 cm³/mol. The first-order valence-corrected chi connectivity index (χ1v) is 12.9. The molecule has 2 fully saturated rings. The molecule has 2 unspecified atom stereocenters. The van der Waals surface area contributed by atoms with E-state index in [1.54, 1.807) is 4.90 Å². The largest absolute Gasteiger partial charge is 0.448 e. The fourth-order valence-corrected chi connectivity index (χ4v) is 6.77. The number of halogens is 4. The molecule has 3 aromatic carbocycles. The van der Waals surface area contributed by atoms with Gasteiger partial charge in [0.1, 0.15) is 12.4 Å². The molecule has 2 atom stereocenters. The molecule has 8 heteroatoms. The van der Waals surface area contributed by atoms with Gasteiger partial charge in [-0.2, -0.15) is 13.2 Å². The Labute approximate surface area is 217 Å². The van der Waals surface area contributed by atoms with Crippen LogP contribution in [0.25, 0.3) is 11.1 Å². The van der Waals surface area contributed by atoms with E-state index in [4.69, 9.17) is 4.74 Å². The third kappa shape index (κ3) is 4.15. The second-order valence-corrected chi connectivity index (χ2v) is 10.6. The zero-order valence-corrected chi connectivity index (χ0v) is 20.5. The molecular weight excluding hydrogens is 498 g/mol. The number of nitrogens with zero attached hydrogens (tertiary/aromatic N) is 1. The van der Waals surface area contributed by atoms with Crippen LogP contribution in [0.1, 0.15) is 60.3 Å². The number of alkyl halides is 3. The van der Waals surface area contributed by atoms with Gasteiger partial charge in [0, 0.05) is 30.8 Å². The van der Waals surface area contributed by atoms with Crippen LogP contribution in [0.3, 0.4) is 0 Å². The van der Waals surface area contributed by atoms with E-state index in [1.165, 1.54) is 0 Å². The van der Waals surface area contributed by atoms with E-state index in [1.807, 2.05) is 36.4 Å². The number of hydrogen-bond donors (Lipinski definition) is 1. The fourth-order valence-electron chi connectivity index (χ4n) is 6.77. The number of carbonyl (C=O) groups excluding carboxylic acids is 1. The lowest BCUT2D eigenvalue weighted by molar-refractivity contribution is -0.144. The number of benzene rings is 3. The molecule has 0 aromatic heterocycles. The Kier molecular flexibility index (Phi) is 5.98. The van der Waals surface area contributed by atoms with Gasteiger partial charge >= 0.3 is 12.3 Å². The monoisotopic (exact) mass is 525 g/mol. The number of fused-ring (bicyclic) bond motifs is 5. The van der Waals surface area contributed by atoms with Crippen LogP contribution in [-0.4, -0.2) is 34.8 Å². The zero-order valence-electron chi connectivity index (χ0n) is 20.5. The van der Waals surface area contributed by atoms with Crippen LogP contribution in [0.4, 0.5) is 22.4 Å². The minimum absolute atomic E-state index is 0.0671. The van der Waals surface area contributed by atoms with Gasteiger partial charge in [-0.25, -0.2) is 9.18 Å². The molecule has 198 valence electrons. The van der Waals surface area contributed by atoms with Crippen LogP contribution in [0, 0.1) is 5.82 Å². The van der Waals surface area contributed by atoms with E-state index >= 15 is 0 Å². The Morgan fingerprint density at radius 2 is 1.53 bits per heavy atom. The third-order valence-electron chi connectivity index (χ3n) is 8.34. The Hall–Kier alpha value is -3.39. The second-order valence-electron chi connectivity index (χ2n) is 10.6. The van der Waals surface area contributed by atoms with Crippen molar-refractivity contribution in [2.45, 2.75) is 61.9 Å². The highest BCUT2D eigenvalue weighted by atomic mass is 19.4. The maximum atomic E-state index is 13.7. The first kappa shape index (κ1) is 24.9. The van der Waals surface area contributed by atoms with E-state index in [0.717, 1.165) is 40.8 Å². The van der Waals surface area contributed by atoms with Gasteiger partial charge in [-0.15, -0.1) is 0 Å². The predicted octanol–water partition coefficient (Wildman–Crippen LogP) is 7.00. The molecule has 3 aliphatic rings. The summed E-state index contributed by atoms with van der Waals surface area (Å²) >= 11 is 0. The fraction of sp³-hybridized carbons (Fsp3) is 0.367. The number of rotatable bonds is 3. The summed E-state index contributed by atoms with van der Waals surface area (Å²) in [4.78, 5) is 15.0. The van der Waals surface area contributed by atoms with Crippen molar-refractivity contribution < 1.29 is 32.2 Å². The molecule has 1 aliphatic carbocycles. The lowest BCUT2D eigenvalue weighted by atomic mass is 9.71. The SMILES string of the molecule is O=C(OCC1c2ccccc2-c2ccccc21)N1C2CCCC1CC(O)(c1ccc(F)cc1C(F)(F)F)C2. The summed E-state index contributed by atoms with van der Waals surface area (Å²) in [5.41, 5.74) is 1.07. The molecule has 1 amide bonds. The summed E-state index contributed by atoms with van der Waals surface area (Å²) in [7, 11) is 0. The van der Waals surface area contributed by atoms with Crippen molar-refractivity contribution >= 4 is 6.09 Å². The van der Waals surface area contributed by atoms with Crippen LogP contribution >= 0.6 is 0 Å². The molecule has 2 heterocycles. The number of carbonyl (C=O) groups is 1. The Morgan fingerprint density at radius 1 is 0.947 bits per heavy atom. The Balaban J connectivity index is 1.23. The standard InChI is InChI=1S/C30H27F4NO3/c31-18-12-13-26(27(14-18)30(32,33)34)29(37)15-19-6-5-7-20(16-29)35(19)28(36)38-17-25-23-10-3-1-8-21(23)22-9-2-4-11-24(22)25/h1-4,8-14,19-20,25,37H,5-7,15-17H2. The van der Waals surface area contributed by atoms with E-state index in [2.05, 4.69) is 12.1 Å². The van der Waals surface area contributed by atoms with E-state index < -0.39 is 41.3 Å².